The molecule has 562 valence electrons. The van der Waals surface area contributed by atoms with Crippen molar-refractivity contribution in [1.29, 1.82) is 0 Å². The summed E-state index contributed by atoms with van der Waals surface area (Å²) >= 11 is 0. The molecule has 1 saturated heterocycles. The van der Waals surface area contributed by atoms with Crippen LogP contribution in [-0.4, -0.2) is 100 Å². The number of aliphatic hydroxyl groups excluding tert-OH is 5. The Morgan fingerprint density at radius 1 is 0.379 bits per heavy atom. The van der Waals surface area contributed by atoms with Crippen LogP contribution in [0.2, 0.25) is 0 Å². The van der Waals surface area contributed by atoms with E-state index in [-0.39, 0.29) is 18.5 Å². The third-order valence-electron chi connectivity index (χ3n) is 20.3. The molecule has 1 rings (SSSR count). The lowest BCUT2D eigenvalue weighted by Crippen LogP contribution is -2.60. The molecule has 7 unspecified atom stereocenters. The maximum Gasteiger partial charge on any atom is 0.305 e. The molecule has 0 aromatic heterocycles. The molecular formula is C84H161NO10. The highest BCUT2D eigenvalue weighted by molar-refractivity contribution is 5.76. The van der Waals surface area contributed by atoms with Crippen molar-refractivity contribution < 1.29 is 49.3 Å². The maximum atomic E-state index is 13.1. The van der Waals surface area contributed by atoms with Gasteiger partial charge in [0.1, 0.15) is 24.4 Å². The fraction of sp³-hybridized carbons (Fsp3) is 0.929. The third kappa shape index (κ3) is 61.7. The zero-order valence-electron chi connectivity index (χ0n) is 62.9. The monoisotopic (exact) mass is 1340 g/mol. The van der Waals surface area contributed by atoms with Crippen LogP contribution in [0.15, 0.2) is 24.3 Å². The molecule has 1 amide bonds. The van der Waals surface area contributed by atoms with Gasteiger partial charge >= 0.3 is 5.97 Å². The van der Waals surface area contributed by atoms with Crippen LogP contribution < -0.4 is 5.32 Å². The first-order chi connectivity index (χ1) is 46.7. The van der Waals surface area contributed by atoms with Crippen molar-refractivity contribution >= 4 is 11.9 Å². The van der Waals surface area contributed by atoms with Crippen molar-refractivity contribution in [1.82, 2.24) is 5.32 Å². The highest BCUT2D eigenvalue weighted by Gasteiger charge is 2.44. The Kier molecular flexibility index (Phi) is 70.4. The van der Waals surface area contributed by atoms with Gasteiger partial charge in [0.05, 0.1) is 32.0 Å². The lowest BCUT2D eigenvalue weighted by molar-refractivity contribution is -0.302. The molecule has 1 aliphatic rings. The highest BCUT2D eigenvalue weighted by atomic mass is 16.7. The van der Waals surface area contributed by atoms with Crippen molar-refractivity contribution in [3.63, 3.8) is 0 Å². The van der Waals surface area contributed by atoms with Crippen LogP contribution >= 0.6 is 0 Å². The lowest BCUT2D eigenvalue weighted by Gasteiger charge is -2.40. The molecule has 1 aliphatic heterocycles. The standard InChI is InChI=1S/C84H161NO10/c1-3-5-7-9-11-13-15-17-18-45-48-52-56-60-64-68-72-80(89)93-73-69-65-61-57-53-49-46-43-41-39-37-35-33-31-29-27-25-23-21-19-20-22-24-26-28-30-32-34-36-38-40-42-44-47-51-55-59-63-67-71-79(88)85-76(75-94-84-83(92)82(91)81(90)78(74-86)95-84)77(87)70-66-62-58-54-50-16-14-12-10-8-6-4-2/h50,54,66,70,76-78,81-84,86-87,90-92H,3-49,51-53,55-65,67-69,71-75H2,1-2H3,(H,85,88)/b54-50+,70-66+. The molecule has 0 radical (unpaired) electrons. The molecule has 0 spiro atoms. The van der Waals surface area contributed by atoms with Crippen LogP contribution in [0.25, 0.3) is 0 Å². The Morgan fingerprint density at radius 3 is 1.04 bits per heavy atom. The summed E-state index contributed by atoms with van der Waals surface area (Å²) in [7, 11) is 0. The summed E-state index contributed by atoms with van der Waals surface area (Å²) in [6.07, 6.45) is 85.3. The molecule has 0 aliphatic carbocycles. The van der Waals surface area contributed by atoms with Gasteiger partial charge in [-0.2, -0.15) is 0 Å². The van der Waals surface area contributed by atoms with Gasteiger partial charge in [0.2, 0.25) is 5.91 Å². The fourth-order valence-electron chi connectivity index (χ4n) is 13.8. The summed E-state index contributed by atoms with van der Waals surface area (Å²) in [5.74, 6) is -0.161. The molecule has 1 fully saturated rings. The number of allylic oxidation sites excluding steroid dienone is 3. The van der Waals surface area contributed by atoms with E-state index in [0.717, 1.165) is 51.4 Å². The first-order valence-electron chi connectivity index (χ1n) is 42.1. The Morgan fingerprint density at radius 2 is 0.684 bits per heavy atom. The lowest BCUT2D eigenvalue weighted by atomic mass is 9.99. The minimum absolute atomic E-state index is 0.0227. The van der Waals surface area contributed by atoms with E-state index in [1.54, 1.807) is 6.08 Å². The number of ether oxygens (including phenoxy) is 3. The first-order valence-corrected chi connectivity index (χ1v) is 42.1. The number of aliphatic hydroxyl groups is 5. The van der Waals surface area contributed by atoms with Crippen LogP contribution in [0.4, 0.5) is 0 Å². The van der Waals surface area contributed by atoms with Crippen LogP contribution in [0, 0.1) is 0 Å². The number of esters is 1. The Bertz CT molecular complexity index is 1630. The number of amides is 1. The Balaban J connectivity index is 1.85. The van der Waals surface area contributed by atoms with Crippen LogP contribution in [0.3, 0.4) is 0 Å². The number of unbranched alkanes of at least 4 members (excludes halogenated alkanes) is 60. The summed E-state index contributed by atoms with van der Waals surface area (Å²) < 4.78 is 16.8. The van der Waals surface area contributed by atoms with Crippen molar-refractivity contribution in [2.45, 2.75) is 480 Å². The van der Waals surface area contributed by atoms with Gasteiger partial charge in [0, 0.05) is 12.8 Å². The van der Waals surface area contributed by atoms with E-state index < -0.39 is 49.5 Å². The molecule has 11 heteroatoms. The van der Waals surface area contributed by atoms with Gasteiger partial charge in [-0.3, -0.25) is 9.59 Å². The van der Waals surface area contributed by atoms with Gasteiger partial charge in [-0.05, 0) is 44.9 Å². The van der Waals surface area contributed by atoms with E-state index in [2.05, 4.69) is 31.3 Å². The molecule has 11 nitrogen and oxygen atoms in total. The minimum Gasteiger partial charge on any atom is -0.466 e. The van der Waals surface area contributed by atoms with Gasteiger partial charge in [0.15, 0.2) is 6.29 Å². The van der Waals surface area contributed by atoms with Crippen LogP contribution in [0.1, 0.15) is 438 Å². The van der Waals surface area contributed by atoms with Crippen molar-refractivity contribution in [3.8, 4) is 0 Å². The molecule has 1 heterocycles. The second-order valence-electron chi connectivity index (χ2n) is 29.5. The van der Waals surface area contributed by atoms with Crippen LogP contribution in [0.5, 0.6) is 0 Å². The number of carbonyl (C=O) groups excluding carboxylic acids is 2. The topological polar surface area (TPSA) is 175 Å². The van der Waals surface area contributed by atoms with E-state index in [4.69, 9.17) is 14.2 Å². The highest BCUT2D eigenvalue weighted by Crippen LogP contribution is 2.24. The zero-order chi connectivity index (χ0) is 68.6. The molecule has 6 N–H and O–H groups in total. The normalized spacial score (nSPS) is 17.4. The van der Waals surface area contributed by atoms with Gasteiger partial charge in [-0.15, -0.1) is 0 Å². The smallest absolute Gasteiger partial charge is 0.305 e. The number of carbonyl (C=O) groups is 2. The molecule has 95 heavy (non-hydrogen) atoms. The third-order valence-corrected chi connectivity index (χ3v) is 20.3. The van der Waals surface area contributed by atoms with Gasteiger partial charge in [0.25, 0.3) is 0 Å². The van der Waals surface area contributed by atoms with Crippen molar-refractivity contribution in [2.24, 2.45) is 0 Å². The molecule has 0 aromatic carbocycles. The second-order valence-corrected chi connectivity index (χ2v) is 29.5. The molecule has 0 bridgehead atoms. The summed E-state index contributed by atoms with van der Waals surface area (Å²) in [4.78, 5) is 25.2. The largest absolute Gasteiger partial charge is 0.466 e. The molecule has 7 atom stereocenters. The number of rotatable bonds is 76. The van der Waals surface area contributed by atoms with E-state index >= 15 is 0 Å². The Hall–Kier alpha value is -1.86. The SMILES string of the molecule is CCCCCCCC/C=C/CC/C=C/C(O)C(COC1OC(CO)C(O)C(O)C1O)NC(=O)CCCCCCCCCCCCCCCCCCCCCCCCCCCCCCCCCCCCCCCCCOC(=O)CCCCCCCCCCCCCCCCCC. The second kappa shape index (κ2) is 73.4. The van der Waals surface area contributed by atoms with Gasteiger partial charge in [-0.25, -0.2) is 0 Å². The number of hydrogen-bond donors (Lipinski definition) is 6. The maximum absolute atomic E-state index is 13.1. The average molecular weight is 1350 g/mol. The van der Waals surface area contributed by atoms with E-state index in [9.17, 15) is 35.1 Å². The zero-order valence-corrected chi connectivity index (χ0v) is 62.9. The predicted octanol–water partition coefficient (Wildman–Crippen LogP) is 23.1. The summed E-state index contributed by atoms with van der Waals surface area (Å²) in [6.45, 7) is 4.38. The minimum atomic E-state index is -1.57. The predicted molar refractivity (Wildman–Crippen MR) is 403 cm³/mol. The van der Waals surface area contributed by atoms with Crippen molar-refractivity contribution in [3.05, 3.63) is 24.3 Å². The summed E-state index contributed by atoms with van der Waals surface area (Å²) in [6, 6.07) is -0.822. The van der Waals surface area contributed by atoms with E-state index in [1.807, 2.05) is 6.08 Å². The fourth-order valence-corrected chi connectivity index (χ4v) is 13.8. The van der Waals surface area contributed by atoms with E-state index in [0.29, 0.717) is 19.4 Å². The first kappa shape index (κ1) is 91.2. The van der Waals surface area contributed by atoms with Gasteiger partial charge in [-0.1, -0.05) is 404 Å². The quantitative estimate of drug-likeness (QED) is 0.0195. The van der Waals surface area contributed by atoms with E-state index in [1.165, 1.54) is 360 Å². The average Bonchev–Trinajstić information content (AvgIpc) is 0.850. The summed E-state index contributed by atoms with van der Waals surface area (Å²) in [5.41, 5.74) is 0. The molecule has 0 aromatic rings. The Labute approximate surface area is 588 Å². The number of nitrogens with one attached hydrogen (secondary N) is 1. The van der Waals surface area contributed by atoms with Crippen molar-refractivity contribution in [2.75, 3.05) is 19.8 Å². The molecule has 0 saturated carbocycles. The van der Waals surface area contributed by atoms with Crippen LogP contribution in [-0.2, 0) is 23.8 Å². The summed E-state index contributed by atoms with van der Waals surface area (Å²) in [5, 5.41) is 54.5. The number of hydrogen-bond acceptors (Lipinski definition) is 10. The molecular weight excluding hydrogens is 1180 g/mol. The van der Waals surface area contributed by atoms with Gasteiger partial charge < -0.3 is 45.1 Å².